The number of benzene rings is 2. The lowest BCUT2D eigenvalue weighted by Crippen LogP contribution is -2.29. The zero-order chi connectivity index (χ0) is 20.5. The zero-order valence-corrected chi connectivity index (χ0v) is 16.9. The summed E-state index contributed by atoms with van der Waals surface area (Å²) < 4.78 is 5.60. The van der Waals surface area contributed by atoms with Crippen LogP contribution >= 0.6 is 0 Å². The fourth-order valence-corrected chi connectivity index (χ4v) is 2.36. The van der Waals surface area contributed by atoms with E-state index in [2.05, 4.69) is 16.0 Å². The van der Waals surface area contributed by atoms with Crippen molar-refractivity contribution < 1.29 is 14.3 Å². The third kappa shape index (κ3) is 7.31. The highest BCUT2D eigenvalue weighted by atomic mass is 16.5. The number of anilines is 2. The number of hydrogen-bond donors (Lipinski definition) is 3. The van der Waals surface area contributed by atoms with Gasteiger partial charge in [-0.25, -0.2) is 0 Å². The molecule has 0 aliphatic heterocycles. The van der Waals surface area contributed by atoms with Crippen molar-refractivity contribution in [2.45, 2.75) is 40.3 Å². The summed E-state index contributed by atoms with van der Waals surface area (Å²) in [5, 5.41) is 8.78. The molecular formula is C22H29N3O3. The normalized spacial score (nSPS) is 10.6. The van der Waals surface area contributed by atoms with E-state index in [1.807, 2.05) is 64.1 Å². The van der Waals surface area contributed by atoms with Crippen LogP contribution in [0, 0.1) is 5.92 Å². The van der Waals surface area contributed by atoms with Gasteiger partial charge in [0.25, 0.3) is 0 Å². The maximum absolute atomic E-state index is 12.0. The molecule has 0 atom stereocenters. The Morgan fingerprint density at radius 2 is 1.50 bits per heavy atom. The topological polar surface area (TPSA) is 79.5 Å². The maximum atomic E-state index is 12.0. The molecule has 0 radical (unpaired) electrons. The molecule has 2 amide bonds. The van der Waals surface area contributed by atoms with E-state index in [1.54, 1.807) is 12.1 Å². The average molecular weight is 383 g/mol. The van der Waals surface area contributed by atoms with E-state index in [9.17, 15) is 9.59 Å². The molecule has 0 fully saturated rings. The van der Waals surface area contributed by atoms with Gasteiger partial charge in [-0.15, -0.1) is 0 Å². The molecular weight excluding hydrogens is 354 g/mol. The molecule has 0 spiro atoms. The van der Waals surface area contributed by atoms with Crippen LogP contribution in [0.3, 0.4) is 0 Å². The van der Waals surface area contributed by atoms with Crippen molar-refractivity contribution >= 4 is 23.2 Å². The van der Waals surface area contributed by atoms with Gasteiger partial charge in [0, 0.05) is 23.8 Å². The summed E-state index contributed by atoms with van der Waals surface area (Å²) in [6.07, 6.45) is 0.136. The van der Waals surface area contributed by atoms with Crippen molar-refractivity contribution in [1.29, 1.82) is 0 Å². The molecule has 2 aromatic rings. The number of hydrogen-bond acceptors (Lipinski definition) is 4. The molecule has 0 heterocycles. The van der Waals surface area contributed by atoms with Gasteiger partial charge in [0.05, 0.1) is 12.6 Å². The van der Waals surface area contributed by atoms with E-state index >= 15 is 0 Å². The van der Waals surface area contributed by atoms with Gasteiger partial charge in [-0.3, -0.25) is 9.59 Å². The Labute approximate surface area is 166 Å². The van der Waals surface area contributed by atoms with Gasteiger partial charge >= 0.3 is 0 Å². The fourth-order valence-electron chi connectivity index (χ4n) is 2.36. The Morgan fingerprint density at radius 1 is 0.893 bits per heavy atom. The lowest BCUT2D eigenvalue weighted by molar-refractivity contribution is -0.120. The third-order valence-corrected chi connectivity index (χ3v) is 3.91. The first-order chi connectivity index (χ1) is 13.3. The van der Waals surface area contributed by atoms with Gasteiger partial charge in [0.1, 0.15) is 5.75 Å². The van der Waals surface area contributed by atoms with Gasteiger partial charge < -0.3 is 20.7 Å². The molecule has 28 heavy (non-hydrogen) atoms. The molecule has 3 N–H and O–H groups in total. The van der Waals surface area contributed by atoms with Crippen LogP contribution in [-0.2, 0) is 16.1 Å². The van der Waals surface area contributed by atoms with E-state index in [0.29, 0.717) is 6.54 Å². The standard InChI is InChI=1S/C22H29N3O3/c1-15(2)22(27)25-19-9-7-18(8-10-19)23-14-21(26)24-13-17-5-11-20(12-6-17)28-16(3)4/h5-12,15-16,23H,13-14H2,1-4H3,(H,24,26)(H,25,27). The van der Waals surface area contributed by atoms with Gasteiger partial charge in [0.15, 0.2) is 0 Å². The molecule has 0 saturated carbocycles. The molecule has 6 heteroatoms. The second-order valence-corrected chi connectivity index (χ2v) is 7.16. The van der Waals surface area contributed by atoms with Gasteiger partial charge in [0.2, 0.25) is 11.8 Å². The first kappa shape index (κ1) is 21.3. The van der Waals surface area contributed by atoms with Crippen molar-refractivity contribution in [3.8, 4) is 5.75 Å². The summed E-state index contributed by atoms with van der Waals surface area (Å²) in [7, 11) is 0. The minimum absolute atomic E-state index is 0.0242. The van der Waals surface area contributed by atoms with Crippen LogP contribution in [0.25, 0.3) is 0 Å². The second-order valence-electron chi connectivity index (χ2n) is 7.16. The molecule has 0 saturated heterocycles. The van der Waals surface area contributed by atoms with E-state index in [0.717, 1.165) is 22.7 Å². The molecule has 0 aliphatic rings. The summed E-state index contributed by atoms with van der Waals surface area (Å²) in [5.41, 5.74) is 2.56. The number of amides is 2. The highest BCUT2D eigenvalue weighted by Gasteiger charge is 2.07. The SMILES string of the molecule is CC(C)Oc1ccc(CNC(=O)CNc2ccc(NC(=O)C(C)C)cc2)cc1. The van der Waals surface area contributed by atoms with Gasteiger partial charge in [-0.2, -0.15) is 0 Å². The maximum Gasteiger partial charge on any atom is 0.239 e. The first-order valence-corrected chi connectivity index (χ1v) is 9.50. The van der Waals surface area contributed by atoms with Crippen LogP contribution in [0.15, 0.2) is 48.5 Å². The average Bonchev–Trinajstić information content (AvgIpc) is 2.66. The van der Waals surface area contributed by atoms with Crippen molar-refractivity contribution in [3.63, 3.8) is 0 Å². The van der Waals surface area contributed by atoms with Crippen molar-refractivity contribution in [2.75, 3.05) is 17.2 Å². The lowest BCUT2D eigenvalue weighted by Gasteiger charge is -2.11. The monoisotopic (exact) mass is 383 g/mol. The lowest BCUT2D eigenvalue weighted by atomic mass is 10.2. The molecule has 0 aliphatic carbocycles. The van der Waals surface area contributed by atoms with E-state index < -0.39 is 0 Å². The summed E-state index contributed by atoms with van der Waals surface area (Å²) >= 11 is 0. The Hall–Kier alpha value is -3.02. The highest BCUT2D eigenvalue weighted by Crippen LogP contribution is 2.15. The van der Waals surface area contributed by atoms with Crippen LogP contribution < -0.4 is 20.7 Å². The van der Waals surface area contributed by atoms with Crippen molar-refractivity contribution in [3.05, 3.63) is 54.1 Å². The Morgan fingerprint density at radius 3 is 2.07 bits per heavy atom. The van der Waals surface area contributed by atoms with Gasteiger partial charge in [-0.1, -0.05) is 26.0 Å². The van der Waals surface area contributed by atoms with Crippen molar-refractivity contribution in [2.24, 2.45) is 5.92 Å². The molecule has 2 rings (SSSR count). The number of ether oxygens (including phenoxy) is 1. The van der Waals surface area contributed by atoms with Crippen LogP contribution in [0.4, 0.5) is 11.4 Å². The smallest absolute Gasteiger partial charge is 0.239 e. The first-order valence-electron chi connectivity index (χ1n) is 9.50. The number of rotatable bonds is 9. The Bertz CT molecular complexity index is 769. The molecule has 0 unspecified atom stereocenters. The van der Waals surface area contributed by atoms with E-state index in [1.165, 1.54) is 0 Å². The van der Waals surface area contributed by atoms with Gasteiger partial charge in [-0.05, 0) is 55.8 Å². The molecule has 150 valence electrons. The van der Waals surface area contributed by atoms with Crippen LogP contribution in [0.2, 0.25) is 0 Å². The quantitative estimate of drug-likeness (QED) is 0.615. The fraction of sp³-hybridized carbons (Fsp3) is 0.364. The molecule has 6 nitrogen and oxygen atoms in total. The summed E-state index contributed by atoms with van der Waals surface area (Å²) in [6.45, 7) is 8.29. The predicted octanol–water partition coefficient (Wildman–Crippen LogP) is 3.80. The number of carbonyl (C=O) groups is 2. The zero-order valence-electron chi connectivity index (χ0n) is 16.9. The molecule has 0 bridgehead atoms. The van der Waals surface area contributed by atoms with Crippen LogP contribution in [-0.4, -0.2) is 24.5 Å². The van der Waals surface area contributed by atoms with Crippen LogP contribution in [0.5, 0.6) is 5.75 Å². The van der Waals surface area contributed by atoms with Crippen molar-refractivity contribution in [1.82, 2.24) is 5.32 Å². The predicted molar refractivity (Wildman–Crippen MR) is 112 cm³/mol. The van der Waals surface area contributed by atoms with E-state index in [4.69, 9.17) is 4.74 Å². The summed E-state index contributed by atoms with van der Waals surface area (Å²) in [6, 6.07) is 15.0. The number of carbonyl (C=O) groups excluding carboxylic acids is 2. The second kappa shape index (κ2) is 10.3. The van der Waals surface area contributed by atoms with Crippen LogP contribution in [0.1, 0.15) is 33.3 Å². The summed E-state index contributed by atoms with van der Waals surface area (Å²) in [5.74, 6) is 0.629. The third-order valence-electron chi connectivity index (χ3n) is 3.91. The molecule has 0 aromatic heterocycles. The minimum atomic E-state index is -0.0975. The number of nitrogens with one attached hydrogen (secondary N) is 3. The largest absolute Gasteiger partial charge is 0.491 e. The van der Waals surface area contributed by atoms with E-state index in [-0.39, 0.29) is 30.4 Å². The Balaban J connectivity index is 1.74. The minimum Gasteiger partial charge on any atom is -0.491 e. The highest BCUT2D eigenvalue weighted by molar-refractivity contribution is 5.92. The summed E-state index contributed by atoms with van der Waals surface area (Å²) in [4.78, 5) is 23.7. The molecule has 2 aromatic carbocycles. The Kier molecular flexibility index (Phi) is 7.87.